The van der Waals surface area contributed by atoms with Gasteiger partial charge in [-0.25, -0.2) is 4.39 Å². The van der Waals surface area contributed by atoms with Gasteiger partial charge < -0.3 is 4.74 Å². The number of benzene rings is 2. The van der Waals surface area contributed by atoms with E-state index in [1.54, 1.807) is 18.3 Å². The largest absolute Gasteiger partial charge is 0.489 e. The van der Waals surface area contributed by atoms with Crippen molar-refractivity contribution in [3.8, 4) is 11.8 Å². The monoisotopic (exact) mass is 278 g/mol. The molecule has 0 aliphatic carbocycles. The minimum atomic E-state index is -0.437. The molecule has 0 saturated heterocycles. The van der Waals surface area contributed by atoms with Gasteiger partial charge in [0.25, 0.3) is 0 Å². The van der Waals surface area contributed by atoms with Crippen LogP contribution in [0.5, 0.6) is 5.75 Å². The summed E-state index contributed by atoms with van der Waals surface area (Å²) in [6.45, 7) is 0.107. The van der Waals surface area contributed by atoms with Crippen LogP contribution in [0.25, 0.3) is 10.9 Å². The van der Waals surface area contributed by atoms with Crippen molar-refractivity contribution in [1.29, 1.82) is 5.26 Å². The van der Waals surface area contributed by atoms with E-state index in [2.05, 4.69) is 4.98 Å². The lowest BCUT2D eigenvalue weighted by molar-refractivity contribution is 0.300. The second kappa shape index (κ2) is 5.59. The molecule has 3 rings (SSSR count). The number of rotatable bonds is 3. The Hall–Kier alpha value is -2.93. The van der Waals surface area contributed by atoms with E-state index in [4.69, 9.17) is 10.00 Å². The summed E-state index contributed by atoms with van der Waals surface area (Å²) in [5.74, 6) is 0.193. The molecule has 0 amide bonds. The van der Waals surface area contributed by atoms with Gasteiger partial charge in [0.15, 0.2) is 0 Å². The average Bonchev–Trinajstić information content (AvgIpc) is 2.53. The molecule has 0 bridgehead atoms. The molecule has 1 aromatic heterocycles. The van der Waals surface area contributed by atoms with Gasteiger partial charge >= 0.3 is 0 Å². The summed E-state index contributed by atoms with van der Waals surface area (Å²) in [6, 6.07) is 15.6. The van der Waals surface area contributed by atoms with Crippen molar-refractivity contribution in [2.45, 2.75) is 6.61 Å². The highest BCUT2D eigenvalue weighted by molar-refractivity contribution is 5.79. The molecule has 0 aliphatic heterocycles. The summed E-state index contributed by atoms with van der Waals surface area (Å²) < 4.78 is 19.3. The second-order valence-electron chi connectivity index (χ2n) is 4.56. The fraction of sp³-hybridized carbons (Fsp3) is 0.0588. The highest BCUT2D eigenvalue weighted by atomic mass is 19.1. The summed E-state index contributed by atoms with van der Waals surface area (Å²) in [4.78, 5) is 4.25. The Morgan fingerprint density at radius 1 is 1.14 bits per heavy atom. The van der Waals surface area contributed by atoms with Crippen LogP contribution in [-0.2, 0) is 6.61 Å². The van der Waals surface area contributed by atoms with Crippen molar-refractivity contribution in [3.05, 3.63) is 71.7 Å². The molecular formula is C17H11FN2O. The van der Waals surface area contributed by atoms with Crippen molar-refractivity contribution >= 4 is 10.9 Å². The van der Waals surface area contributed by atoms with Gasteiger partial charge in [-0.1, -0.05) is 12.1 Å². The number of ether oxygens (including phenoxy) is 1. The van der Waals surface area contributed by atoms with Crippen molar-refractivity contribution in [2.75, 3.05) is 0 Å². The van der Waals surface area contributed by atoms with Gasteiger partial charge in [0.1, 0.15) is 18.2 Å². The third kappa shape index (κ3) is 2.82. The quantitative estimate of drug-likeness (QED) is 0.731. The van der Waals surface area contributed by atoms with Crippen LogP contribution >= 0.6 is 0 Å². The molecule has 0 N–H and O–H groups in total. The molecule has 4 heteroatoms. The van der Waals surface area contributed by atoms with E-state index in [1.807, 2.05) is 36.4 Å². The predicted octanol–water partition coefficient (Wildman–Crippen LogP) is 3.82. The van der Waals surface area contributed by atoms with Crippen LogP contribution in [0.15, 0.2) is 54.7 Å². The van der Waals surface area contributed by atoms with Gasteiger partial charge in [0, 0.05) is 23.2 Å². The Balaban J connectivity index is 1.78. The van der Waals surface area contributed by atoms with Crippen LogP contribution in [0, 0.1) is 17.1 Å². The number of halogens is 1. The number of pyridine rings is 1. The molecule has 0 saturated carbocycles. The minimum Gasteiger partial charge on any atom is -0.489 e. The highest BCUT2D eigenvalue weighted by Gasteiger charge is 2.05. The highest BCUT2D eigenvalue weighted by Crippen LogP contribution is 2.20. The molecule has 0 atom stereocenters. The van der Waals surface area contributed by atoms with E-state index < -0.39 is 5.82 Å². The Morgan fingerprint density at radius 2 is 2.05 bits per heavy atom. The Kier molecular flexibility index (Phi) is 3.48. The third-order valence-corrected chi connectivity index (χ3v) is 3.15. The molecule has 3 aromatic rings. The molecule has 2 aromatic carbocycles. The van der Waals surface area contributed by atoms with E-state index >= 15 is 0 Å². The normalized spacial score (nSPS) is 10.3. The number of hydrogen-bond acceptors (Lipinski definition) is 3. The first kappa shape index (κ1) is 13.1. The molecule has 3 nitrogen and oxygen atoms in total. The molecule has 0 radical (unpaired) electrons. The van der Waals surface area contributed by atoms with Crippen LogP contribution in [-0.4, -0.2) is 4.98 Å². The zero-order valence-electron chi connectivity index (χ0n) is 11.1. The van der Waals surface area contributed by atoms with Crippen molar-refractivity contribution in [3.63, 3.8) is 0 Å². The van der Waals surface area contributed by atoms with Crippen LogP contribution in [0.3, 0.4) is 0 Å². The van der Waals surface area contributed by atoms with Crippen LogP contribution < -0.4 is 4.74 Å². The summed E-state index contributed by atoms with van der Waals surface area (Å²) in [7, 11) is 0. The second-order valence-corrected chi connectivity index (χ2v) is 4.56. The van der Waals surface area contributed by atoms with E-state index in [0.29, 0.717) is 16.9 Å². The van der Waals surface area contributed by atoms with Crippen molar-refractivity contribution in [2.24, 2.45) is 0 Å². The number of nitrogens with zero attached hydrogens (tertiary/aromatic N) is 2. The van der Waals surface area contributed by atoms with Gasteiger partial charge in [0.05, 0.1) is 17.1 Å². The van der Waals surface area contributed by atoms with Crippen LogP contribution in [0.2, 0.25) is 0 Å². The zero-order chi connectivity index (χ0) is 14.7. The molecule has 21 heavy (non-hydrogen) atoms. The molecule has 102 valence electrons. The maximum atomic E-state index is 13.7. The molecule has 0 aliphatic rings. The van der Waals surface area contributed by atoms with E-state index in [1.165, 1.54) is 6.07 Å². The lowest BCUT2D eigenvalue weighted by Crippen LogP contribution is -1.99. The summed E-state index contributed by atoms with van der Waals surface area (Å²) in [5.41, 5.74) is 1.54. The Labute approximate surface area is 121 Å². The molecule has 0 spiro atoms. The van der Waals surface area contributed by atoms with Crippen molar-refractivity contribution < 1.29 is 9.13 Å². The average molecular weight is 278 g/mol. The standard InChI is InChI=1S/C17H11FN2O/c18-16-8-12(10-19)3-4-14(16)11-21-15-6-5-13-2-1-7-20-17(13)9-15/h1-9H,11H2. The van der Waals surface area contributed by atoms with Gasteiger partial charge in [0.2, 0.25) is 0 Å². The molecule has 0 fully saturated rings. The van der Waals surface area contributed by atoms with Crippen LogP contribution in [0.1, 0.15) is 11.1 Å². The number of nitriles is 1. The summed E-state index contributed by atoms with van der Waals surface area (Å²) >= 11 is 0. The fourth-order valence-electron chi connectivity index (χ4n) is 2.03. The first-order chi connectivity index (χ1) is 10.3. The van der Waals surface area contributed by atoms with E-state index in [-0.39, 0.29) is 6.61 Å². The smallest absolute Gasteiger partial charge is 0.131 e. The van der Waals surface area contributed by atoms with E-state index in [9.17, 15) is 4.39 Å². The fourth-order valence-corrected chi connectivity index (χ4v) is 2.03. The van der Waals surface area contributed by atoms with Crippen molar-refractivity contribution in [1.82, 2.24) is 4.98 Å². The van der Waals surface area contributed by atoms with Gasteiger partial charge in [-0.05, 0) is 30.3 Å². The summed E-state index contributed by atoms with van der Waals surface area (Å²) in [5, 5.41) is 9.73. The Bertz CT molecular complexity index is 840. The maximum absolute atomic E-state index is 13.7. The topological polar surface area (TPSA) is 45.9 Å². The summed E-state index contributed by atoms with van der Waals surface area (Å²) in [6.07, 6.45) is 1.71. The number of fused-ring (bicyclic) bond motifs is 1. The van der Waals surface area contributed by atoms with Gasteiger partial charge in [-0.2, -0.15) is 5.26 Å². The van der Waals surface area contributed by atoms with Crippen LogP contribution in [0.4, 0.5) is 4.39 Å². The first-order valence-corrected chi connectivity index (χ1v) is 6.42. The molecule has 0 unspecified atom stereocenters. The van der Waals surface area contributed by atoms with Gasteiger partial charge in [-0.3, -0.25) is 4.98 Å². The molecule has 1 heterocycles. The number of aromatic nitrogens is 1. The Morgan fingerprint density at radius 3 is 2.86 bits per heavy atom. The zero-order valence-corrected chi connectivity index (χ0v) is 11.1. The van der Waals surface area contributed by atoms with Gasteiger partial charge in [-0.15, -0.1) is 0 Å². The lowest BCUT2D eigenvalue weighted by atomic mass is 10.1. The lowest BCUT2D eigenvalue weighted by Gasteiger charge is -2.08. The SMILES string of the molecule is N#Cc1ccc(COc2ccc3cccnc3c2)c(F)c1. The minimum absolute atomic E-state index is 0.107. The third-order valence-electron chi connectivity index (χ3n) is 3.15. The molecular weight excluding hydrogens is 267 g/mol. The first-order valence-electron chi connectivity index (χ1n) is 6.42. The van der Waals surface area contributed by atoms with E-state index in [0.717, 1.165) is 10.9 Å². The maximum Gasteiger partial charge on any atom is 0.131 e. The number of hydrogen-bond donors (Lipinski definition) is 0. The predicted molar refractivity (Wildman–Crippen MR) is 77.2 cm³/mol.